The fourth-order valence-corrected chi connectivity index (χ4v) is 2.19. The van der Waals surface area contributed by atoms with Gasteiger partial charge in [-0.25, -0.2) is 4.79 Å². The number of carbonyl (C=O) groups excluding carboxylic acids is 1. The van der Waals surface area contributed by atoms with E-state index in [0.717, 1.165) is 0 Å². The number of carboxylic acids is 1. The molecule has 16 heavy (non-hydrogen) atoms. The van der Waals surface area contributed by atoms with Crippen molar-refractivity contribution in [3.8, 4) is 0 Å². The second kappa shape index (κ2) is 3.79. The summed E-state index contributed by atoms with van der Waals surface area (Å²) in [6, 6.07) is 2.86. The molecular weight excluding hydrogens is 230 g/mol. The van der Waals surface area contributed by atoms with Crippen LogP contribution < -0.4 is 5.32 Å². The second-order valence-corrected chi connectivity index (χ2v) is 4.08. The predicted molar refractivity (Wildman–Crippen MR) is 60.1 cm³/mol. The number of rotatable bonds is 2. The van der Waals surface area contributed by atoms with Crippen LogP contribution in [0.15, 0.2) is 12.1 Å². The SMILES string of the molecule is CCC1C(=O)Nc2c(Cl)cc(C(=O)O)cc21. The third kappa shape index (κ3) is 1.55. The number of hydrogen-bond donors (Lipinski definition) is 2. The molecule has 0 radical (unpaired) electrons. The maximum absolute atomic E-state index is 11.6. The minimum absolute atomic E-state index is 0.110. The number of halogens is 1. The van der Waals surface area contributed by atoms with Gasteiger partial charge in [-0.3, -0.25) is 4.79 Å². The molecule has 4 nitrogen and oxygen atoms in total. The lowest BCUT2D eigenvalue weighted by Gasteiger charge is -2.06. The fourth-order valence-electron chi connectivity index (χ4n) is 1.91. The van der Waals surface area contributed by atoms with Gasteiger partial charge in [0.05, 0.1) is 22.2 Å². The van der Waals surface area contributed by atoms with Gasteiger partial charge in [-0.15, -0.1) is 0 Å². The topological polar surface area (TPSA) is 66.4 Å². The highest BCUT2D eigenvalue weighted by molar-refractivity contribution is 6.35. The number of nitrogens with one attached hydrogen (secondary N) is 1. The summed E-state index contributed by atoms with van der Waals surface area (Å²) in [5.74, 6) is -1.47. The highest BCUT2D eigenvalue weighted by atomic mass is 35.5. The summed E-state index contributed by atoms with van der Waals surface area (Å²) in [5, 5.41) is 11.8. The smallest absolute Gasteiger partial charge is 0.335 e. The number of carbonyl (C=O) groups is 2. The Morgan fingerprint density at radius 1 is 1.56 bits per heavy atom. The highest BCUT2D eigenvalue weighted by Crippen LogP contribution is 2.40. The van der Waals surface area contributed by atoms with Crippen molar-refractivity contribution in [2.24, 2.45) is 0 Å². The van der Waals surface area contributed by atoms with E-state index in [-0.39, 0.29) is 22.4 Å². The van der Waals surface area contributed by atoms with Crippen LogP contribution in [0.1, 0.15) is 35.2 Å². The summed E-state index contributed by atoms with van der Waals surface area (Å²) in [4.78, 5) is 22.4. The van der Waals surface area contributed by atoms with Crippen molar-refractivity contribution < 1.29 is 14.7 Å². The highest BCUT2D eigenvalue weighted by Gasteiger charge is 2.31. The first kappa shape index (κ1) is 11.0. The fraction of sp³-hybridized carbons (Fsp3) is 0.273. The quantitative estimate of drug-likeness (QED) is 0.833. The molecule has 0 saturated carbocycles. The van der Waals surface area contributed by atoms with Crippen LogP contribution in [0, 0.1) is 0 Å². The minimum atomic E-state index is -1.04. The molecule has 1 amide bonds. The van der Waals surface area contributed by atoms with Gasteiger partial charge < -0.3 is 10.4 Å². The van der Waals surface area contributed by atoms with Gasteiger partial charge in [0, 0.05) is 0 Å². The molecule has 1 aliphatic rings. The number of carboxylic acid groups (broad SMARTS) is 1. The molecule has 1 atom stereocenters. The summed E-state index contributed by atoms with van der Waals surface area (Å²) in [7, 11) is 0. The first-order valence-electron chi connectivity index (χ1n) is 4.92. The van der Waals surface area contributed by atoms with E-state index in [1.54, 1.807) is 0 Å². The van der Waals surface area contributed by atoms with Crippen LogP contribution >= 0.6 is 11.6 Å². The Bertz CT molecular complexity index is 484. The van der Waals surface area contributed by atoms with Crippen LogP contribution in [0.5, 0.6) is 0 Å². The van der Waals surface area contributed by atoms with Gasteiger partial charge in [0.15, 0.2) is 0 Å². The molecule has 0 aromatic heterocycles. The molecule has 1 heterocycles. The van der Waals surface area contributed by atoms with E-state index in [2.05, 4.69) is 5.32 Å². The van der Waals surface area contributed by atoms with Crippen molar-refractivity contribution in [2.75, 3.05) is 5.32 Å². The summed E-state index contributed by atoms with van der Waals surface area (Å²) in [6.07, 6.45) is 0.623. The Labute approximate surface area is 97.2 Å². The zero-order valence-corrected chi connectivity index (χ0v) is 9.34. The van der Waals surface area contributed by atoms with E-state index in [1.807, 2.05) is 6.92 Å². The molecule has 0 saturated heterocycles. The maximum atomic E-state index is 11.6. The van der Waals surface area contributed by atoms with Crippen molar-refractivity contribution in [1.82, 2.24) is 0 Å². The van der Waals surface area contributed by atoms with Gasteiger partial charge in [0.1, 0.15) is 0 Å². The first-order chi connectivity index (χ1) is 7.54. The van der Waals surface area contributed by atoms with Crippen molar-refractivity contribution in [2.45, 2.75) is 19.3 Å². The Morgan fingerprint density at radius 3 is 2.81 bits per heavy atom. The molecule has 0 spiro atoms. The molecule has 1 aromatic carbocycles. The van der Waals surface area contributed by atoms with E-state index in [1.165, 1.54) is 12.1 Å². The number of benzene rings is 1. The van der Waals surface area contributed by atoms with Crippen LogP contribution in [-0.4, -0.2) is 17.0 Å². The Kier molecular flexibility index (Phi) is 2.59. The molecule has 2 N–H and O–H groups in total. The van der Waals surface area contributed by atoms with Crippen molar-refractivity contribution in [1.29, 1.82) is 0 Å². The van der Waals surface area contributed by atoms with E-state index in [0.29, 0.717) is 17.7 Å². The zero-order chi connectivity index (χ0) is 11.9. The zero-order valence-electron chi connectivity index (χ0n) is 8.58. The van der Waals surface area contributed by atoms with Gasteiger partial charge in [-0.2, -0.15) is 0 Å². The van der Waals surface area contributed by atoms with E-state index in [4.69, 9.17) is 16.7 Å². The normalized spacial score (nSPS) is 18.1. The number of hydrogen-bond acceptors (Lipinski definition) is 2. The van der Waals surface area contributed by atoms with Gasteiger partial charge in [0.25, 0.3) is 0 Å². The number of aromatic carboxylic acids is 1. The van der Waals surface area contributed by atoms with Crippen LogP contribution in [0.2, 0.25) is 5.02 Å². The van der Waals surface area contributed by atoms with Gasteiger partial charge in [-0.1, -0.05) is 18.5 Å². The molecule has 0 aliphatic carbocycles. The summed E-state index contributed by atoms with van der Waals surface area (Å²) >= 11 is 5.93. The Morgan fingerprint density at radius 2 is 2.25 bits per heavy atom. The van der Waals surface area contributed by atoms with Crippen molar-refractivity contribution in [3.05, 3.63) is 28.3 Å². The standard InChI is InChI=1S/C11H10ClNO3/c1-2-6-7-3-5(11(15)16)4-8(12)9(7)13-10(6)14/h3-4,6H,2H2,1H3,(H,13,14)(H,15,16). The van der Waals surface area contributed by atoms with E-state index in [9.17, 15) is 9.59 Å². The van der Waals surface area contributed by atoms with E-state index < -0.39 is 5.97 Å². The van der Waals surface area contributed by atoms with Crippen molar-refractivity contribution >= 4 is 29.2 Å². The first-order valence-corrected chi connectivity index (χ1v) is 5.30. The van der Waals surface area contributed by atoms with Crippen LogP contribution in [0.25, 0.3) is 0 Å². The maximum Gasteiger partial charge on any atom is 0.335 e. The average molecular weight is 240 g/mol. The monoisotopic (exact) mass is 239 g/mol. The van der Waals surface area contributed by atoms with Gasteiger partial charge >= 0.3 is 5.97 Å². The largest absolute Gasteiger partial charge is 0.478 e. The summed E-state index contributed by atoms with van der Waals surface area (Å²) in [6.45, 7) is 1.88. The lowest BCUT2D eigenvalue weighted by molar-refractivity contribution is -0.117. The van der Waals surface area contributed by atoms with E-state index >= 15 is 0 Å². The molecule has 0 bridgehead atoms. The molecule has 1 unspecified atom stereocenters. The molecule has 1 aliphatic heterocycles. The van der Waals surface area contributed by atoms with Crippen LogP contribution in [0.4, 0.5) is 5.69 Å². The Balaban J connectivity index is 2.59. The van der Waals surface area contributed by atoms with Crippen LogP contribution in [-0.2, 0) is 4.79 Å². The lowest BCUT2D eigenvalue weighted by Crippen LogP contribution is -2.10. The average Bonchev–Trinajstić information content (AvgIpc) is 2.54. The molecule has 0 fully saturated rings. The number of amides is 1. The second-order valence-electron chi connectivity index (χ2n) is 3.68. The third-order valence-corrected chi connectivity index (χ3v) is 3.01. The van der Waals surface area contributed by atoms with Crippen LogP contribution in [0.3, 0.4) is 0 Å². The molecule has 2 rings (SSSR count). The summed E-state index contributed by atoms with van der Waals surface area (Å²) < 4.78 is 0. The Hall–Kier alpha value is -1.55. The summed E-state index contributed by atoms with van der Waals surface area (Å²) in [5.41, 5.74) is 1.33. The minimum Gasteiger partial charge on any atom is -0.478 e. The third-order valence-electron chi connectivity index (χ3n) is 2.72. The predicted octanol–water partition coefficient (Wildman–Crippen LogP) is 2.48. The molecule has 84 valence electrons. The number of anilines is 1. The van der Waals surface area contributed by atoms with Crippen molar-refractivity contribution in [3.63, 3.8) is 0 Å². The van der Waals surface area contributed by atoms with Gasteiger partial charge in [0.2, 0.25) is 5.91 Å². The number of fused-ring (bicyclic) bond motifs is 1. The van der Waals surface area contributed by atoms with Gasteiger partial charge in [-0.05, 0) is 24.1 Å². The molecule has 1 aromatic rings. The molecule has 5 heteroatoms. The molecular formula is C11H10ClNO3. The lowest BCUT2D eigenvalue weighted by atomic mass is 9.96.